The summed E-state index contributed by atoms with van der Waals surface area (Å²) < 4.78 is 36.5. The van der Waals surface area contributed by atoms with E-state index in [4.69, 9.17) is 16.3 Å². The number of hydrogen-bond acceptors (Lipinski definition) is 6. The van der Waals surface area contributed by atoms with Crippen LogP contribution in [-0.2, 0) is 39.5 Å². The van der Waals surface area contributed by atoms with Crippen LogP contribution >= 0.6 is 11.6 Å². The molecule has 4 aromatic rings. The Balaban J connectivity index is 1.41. The monoisotopic (exact) mass is 666 g/mol. The van der Waals surface area contributed by atoms with E-state index < -0.39 is 22.2 Å². The van der Waals surface area contributed by atoms with Gasteiger partial charge >= 0.3 is 0 Å². The van der Waals surface area contributed by atoms with E-state index in [2.05, 4.69) is 5.32 Å². The van der Waals surface area contributed by atoms with Gasteiger partial charge in [0.1, 0.15) is 11.9 Å². The van der Waals surface area contributed by atoms with E-state index in [9.17, 15) is 23.1 Å². The van der Waals surface area contributed by atoms with Gasteiger partial charge in [-0.15, -0.1) is 0 Å². The van der Waals surface area contributed by atoms with Crippen molar-refractivity contribution in [2.45, 2.75) is 43.7 Å². The minimum absolute atomic E-state index is 0.00459. The number of carbonyl (C=O) groups is 2. The molecule has 244 valence electrons. The number of aliphatic hydroxyl groups is 1. The summed E-state index contributed by atoms with van der Waals surface area (Å²) in [6.07, 6.45) is 1.45. The van der Waals surface area contributed by atoms with Gasteiger partial charge in [-0.05, 0) is 61.0 Å². The molecule has 12 heteroatoms. The molecule has 0 aliphatic carbocycles. The molecule has 46 heavy (non-hydrogen) atoms. The highest BCUT2D eigenvalue weighted by Crippen LogP contribution is 2.30. The van der Waals surface area contributed by atoms with Gasteiger partial charge in [0.15, 0.2) is 0 Å². The van der Waals surface area contributed by atoms with Gasteiger partial charge < -0.3 is 24.6 Å². The summed E-state index contributed by atoms with van der Waals surface area (Å²) in [5.41, 5.74) is 2.99. The zero-order valence-corrected chi connectivity index (χ0v) is 27.9. The molecule has 3 atom stereocenters. The van der Waals surface area contributed by atoms with E-state index in [0.717, 1.165) is 16.5 Å². The van der Waals surface area contributed by atoms with Crippen molar-refractivity contribution in [1.29, 1.82) is 0 Å². The number of amides is 2. The Morgan fingerprint density at radius 1 is 1.15 bits per heavy atom. The number of anilines is 1. The molecule has 10 nitrogen and oxygen atoms in total. The Kier molecular flexibility index (Phi) is 10.1. The zero-order chi connectivity index (χ0) is 33.2. The first-order valence-electron chi connectivity index (χ1n) is 15.1. The predicted molar refractivity (Wildman–Crippen MR) is 179 cm³/mol. The highest BCUT2D eigenvalue weighted by molar-refractivity contribution is 7.89. The Bertz CT molecular complexity index is 1840. The summed E-state index contributed by atoms with van der Waals surface area (Å²) in [7, 11) is -0.434. The van der Waals surface area contributed by atoms with Crippen LogP contribution in [0.1, 0.15) is 25.0 Å². The van der Waals surface area contributed by atoms with Gasteiger partial charge in [0, 0.05) is 59.9 Å². The summed E-state index contributed by atoms with van der Waals surface area (Å²) in [4.78, 5) is 28.4. The fourth-order valence-electron chi connectivity index (χ4n) is 5.81. The van der Waals surface area contributed by atoms with Crippen molar-refractivity contribution in [3.05, 3.63) is 89.1 Å². The number of aryl methyl sites for hydroxylation is 1. The number of ether oxygens (including phenoxy) is 1. The van der Waals surface area contributed by atoms with Gasteiger partial charge in [-0.3, -0.25) is 9.59 Å². The number of para-hydroxylation sites is 1. The first-order chi connectivity index (χ1) is 21.9. The van der Waals surface area contributed by atoms with E-state index >= 15 is 0 Å². The molecule has 5 rings (SSSR count). The van der Waals surface area contributed by atoms with E-state index in [1.54, 1.807) is 30.0 Å². The molecule has 0 saturated carbocycles. The highest BCUT2D eigenvalue weighted by atomic mass is 35.5. The number of benzene rings is 3. The fourth-order valence-corrected chi connectivity index (χ4v) is 7.12. The smallest absolute Gasteiger partial charge is 0.242 e. The number of carbonyl (C=O) groups excluding carboxylic acids is 2. The summed E-state index contributed by atoms with van der Waals surface area (Å²) in [6.45, 7) is 3.68. The summed E-state index contributed by atoms with van der Waals surface area (Å²) in [5, 5.41) is 14.3. The molecule has 3 aromatic carbocycles. The number of aliphatic hydroxyl groups excluding tert-OH is 1. The number of nitrogens with one attached hydrogen (secondary N) is 1. The van der Waals surface area contributed by atoms with Crippen LogP contribution in [0.2, 0.25) is 5.02 Å². The van der Waals surface area contributed by atoms with Crippen LogP contribution in [0.4, 0.5) is 5.69 Å². The molecule has 1 aliphatic heterocycles. The quantitative estimate of drug-likeness (QED) is 0.272. The highest BCUT2D eigenvalue weighted by Gasteiger charge is 2.33. The van der Waals surface area contributed by atoms with Crippen LogP contribution in [0.25, 0.3) is 10.9 Å². The molecule has 0 radical (unpaired) electrons. The maximum Gasteiger partial charge on any atom is 0.242 e. The lowest BCUT2D eigenvalue weighted by Gasteiger charge is -2.33. The van der Waals surface area contributed by atoms with Gasteiger partial charge in [0.05, 0.1) is 36.9 Å². The van der Waals surface area contributed by atoms with Gasteiger partial charge in [-0.25, -0.2) is 8.42 Å². The lowest BCUT2D eigenvalue weighted by atomic mass is 10.0. The molecule has 2 amide bonds. The first-order valence-corrected chi connectivity index (χ1v) is 16.9. The second-order valence-corrected chi connectivity index (χ2v) is 14.4. The van der Waals surface area contributed by atoms with Gasteiger partial charge in [-0.2, -0.15) is 4.31 Å². The molecule has 0 unspecified atom stereocenters. The second kappa shape index (κ2) is 13.8. The molecule has 0 bridgehead atoms. The fraction of sp³-hybridized carbons (Fsp3) is 0.353. The Morgan fingerprint density at radius 2 is 1.87 bits per heavy atom. The Hall–Kier alpha value is -3.90. The maximum absolute atomic E-state index is 13.6. The topological polar surface area (TPSA) is 121 Å². The molecule has 0 fully saturated rings. The average Bonchev–Trinajstić information content (AvgIpc) is 3.35. The van der Waals surface area contributed by atoms with Crippen LogP contribution in [0.5, 0.6) is 5.75 Å². The number of halogens is 1. The average molecular weight is 667 g/mol. The Morgan fingerprint density at radius 3 is 2.59 bits per heavy atom. The van der Waals surface area contributed by atoms with E-state index in [0.29, 0.717) is 22.0 Å². The van der Waals surface area contributed by atoms with E-state index in [1.807, 2.05) is 49.0 Å². The lowest BCUT2D eigenvalue weighted by molar-refractivity contribution is -0.134. The van der Waals surface area contributed by atoms with Gasteiger partial charge in [0.2, 0.25) is 21.8 Å². The predicted octanol–water partition coefficient (Wildman–Crippen LogP) is 4.48. The van der Waals surface area contributed by atoms with E-state index in [1.165, 1.54) is 35.6 Å². The summed E-state index contributed by atoms with van der Waals surface area (Å²) in [6, 6.07) is 18.5. The SMILES string of the molecule is C[C@@H]1CN([C@@H](C)CO)C(=O)Cc2cc(NC(=O)Cc3cn(C)c4ccccc34)ccc2O[C@H]1CN(C)S(=O)(=O)c1ccc(Cl)cc1. The van der Waals surface area contributed by atoms with Gasteiger partial charge in [0.25, 0.3) is 0 Å². The number of fused-ring (bicyclic) bond motifs is 2. The van der Waals surface area contributed by atoms with Crippen LogP contribution in [0.3, 0.4) is 0 Å². The van der Waals surface area contributed by atoms with E-state index in [-0.39, 0.29) is 55.2 Å². The van der Waals surface area contributed by atoms with Crippen molar-refractivity contribution >= 4 is 50.0 Å². The number of rotatable bonds is 9. The number of likely N-dealkylation sites (N-methyl/N-ethyl adjacent to an activating group) is 1. The molecule has 2 N–H and O–H groups in total. The standard InChI is InChI=1S/C34H39ClN4O6S/c1-22-18-39(23(2)21-40)34(42)17-24-15-27(36-33(41)16-25-19-37(3)30-8-6-5-7-29(25)30)11-14-31(24)45-32(22)20-38(4)46(43,44)28-12-9-26(35)10-13-28/h5-15,19,22-23,32,40H,16-18,20-21H2,1-4H3,(H,36,41)/t22-,23+,32+/m1/s1. The summed E-state index contributed by atoms with van der Waals surface area (Å²) in [5.74, 6) is -0.289. The third-order valence-electron chi connectivity index (χ3n) is 8.49. The first kappa shape index (κ1) is 33.5. The lowest BCUT2D eigenvalue weighted by Crippen LogP contribution is -2.48. The van der Waals surface area contributed by atoms with Crippen molar-refractivity contribution in [2.24, 2.45) is 13.0 Å². The molecular weight excluding hydrogens is 628 g/mol. The molecule has 2 heterocycles. The zero-order valence-electron chi connectivity index (χ0n) is 26.3. The van der Waals surface area contributed by atoms with Crippen molar-refractivity contribution in [3.8, 4) is 5.75 Å². The van der Waals surface area contributed by atoms with Crippen LogP contribution in [0, 0.1) is 5.92 Å². The Labute approximate surface area is 274 Å². The normalized spacial score (nSPS) is 18.0. The molecule has 0 saturated heterocycles. The minimum atomic E-state index is -3.86. The van der Waals surface area contributed by atoms with Crippen molar-refractivity contribution in [2.75, 3.05) is 32.1 Å². The number of sulfonamides is 1. The summed E-state index contributed by atoms with van der Waals surface area (Å²) >= 11 is 5.97. The molecule has 1 aromatic heterocycles. The number of hydrogen-bond donors (Lipinski definition) is 2. The largest absolute Gasteiger partial charge is 0.488 e. The maximum atomic E-state index is 13.6. The second-order valence-electron chi connectivity index (χ2n) is 12.0. The third-order valence-corrected chi connectivity index (χ3v) is 10.6. The molecule has 1 aliphatic rings. The van der Waals surface area contributed by atoms with Crippen LogP contribution in [-0.4, -0.2) is 78.0 Å². The third kappa shape index (κ3) is 7.23. The van der Waals surface area contributed by atoms with Crippen molar-refractivity contribution in [3.63, 3.8) is 0 Å². The number of nitrogens with zero attached hydrogens (tertiary/aromatic N) is 3. The number of aromatic nitrogens is 1. The van der Waals surface area contributed by atoms with Crippen molar-refractivity contribution in [1.82, 2.24) is 13.8 Å². The van der Waals surface area contributed by atoms with Crippen molar-refractivity contribution < 1.29 is 27.9 Å². The molecule has 0 spiro atoms. The van der Waals surface area contributed by atoms with Crippen LogP contribution < -0.4 is 10.1 Å². The van der Waals surface area contributed by atoms with Crippen LogP contribution in [0.15, 0.2) is 77.8 Å². The van der Waals surface area contributed by atoms with Gasteiger partial charge in [-0.1, -0.05) is 36.7 Å². The molecular formula is C34H39ClN4O6S. The minimum Gasteiger partial charge on any atom is -0.488 e.